The summed E-state index contributed by atoms with van der Waals surface area (Å²) >= 11 is 1.39. The average Bonchev–Trinajstić information content (AvgIpc) is 3.11. The van der Waals surface area contributed by atoms with Gasteiger partial charge in [-0.3, -0.25) is 4.79 Å². The maximum Gasteiger partial charge on any atom is 0.416 e. The normalized spacial score (nSPS) is 22.7. The number of aryl methyl sites for hydroxylation is 1. The second kappa shape index (κ2) is 5.12. The van der Waals surface area contributed by atoms with E-state index in [2.05, 4.69) is 9.98 Å². The Bertz CT molecular complexity index is 922. The number of hydrogen-bond acceptors (Lipinski definition) is 6. The van der Waals surface area contributed by atoms with Gasteiger partial charge in [-0.05, 0) is 25.1 Å². The van der Waals surface area contributed by atoms with Crippen LogP contribution in [-0.4, -0.2) is 33.9 Å². The minimum absolute atomic E-state index is 0.0668. The van der Waals surface area contributed by atoms with E-state index < -0.39 is 23.1 Å². The maximum atomic E-state index is 12.9. The van der Waals surface area contributed by atoms with Crippen molar-refractivity contribution in [2.24, 2.45) is 4.99 Å². The summed E-state index contributed by atoms with van der Waals surface area (Å²) in [7, 11) is 0. The zero-order chi connectivity index (χ0) is 18.0. The van der Waals surface area contributed by atoms with Crippen molar-refractivity contribution in [2.45, 2.75) is 25.1 Å². The van der Waals surface area contributed by atoms with Gasteiger partial charge in [0.05, 0.1) is 22.5 Å². The Balaban J connectivity index is 1.84. The molecule has 2 aromatic rings. The zero-order valence-electron chi connectivity index (χ0n) is 13.0. The molecular weight excluding hydrogens is 355 g/mol. The molecule has 2 aliphatic heterocycles. The summed E-state index contributed by atoms with van der Waals surface area (Å²) in [5.74, 6) is -0.601. The molecule has 1 atom stereocenters. The third-order valence-corrected chi connectivity index (χ3v) is 5.30. The van der Waals surface area contributed by atoms with Crippen molar-refractivity contribution in [1.29, 1.82) is 0 Å². The van der Waals surface area contributed by atoms with Crippen LogP contribution < -0.4 is 4.90 Å². The minimum Gasteiger partial charge on any atom is -0.374 e. The van der Waals surface area contributed by atoms with Crippen LogP contribution >= 0.6 is 11.3 Å². The molecular formula is C16H12F3N3O2S. The SMILES string of the molecule is Cc1ncc(N2CCC3(O)C(=O)c4cc(C(F)(F)F)ccc4N=C23)s1. The summed E-state index contributed by atoms with van der Waals surface area (Å²) in [6.45, 7) is 2.17. The molecule has 1 N–H and O–H groups in total. The summed E-state index contributed by atoms with van der Waals surface area (Å²) in [5, 5.41) is 12.4. The smallest absolute Gasteiger partial charge is 0.374 e. The highest BCUT2D eigenvalue weighted by molar-refractivity contribution is 7.15. The second-order valence-electron chi connectivity index (χ2n) is 5.97. The van der Waals surface area contributed by atoms with Gasteiger partial charge in [-0.25, -0.2) is 9.98 Å². The fraction of sp³-hybridized carbons (Fsp3) is 0.312. The molecule has 0 amide bonds. The quantitative estimate of drug-likeness (QED) is 0.840. The van der Waals surface area contributed by atoms with E-state index in [1.807, 2.05) is 6.92 Å². The predicted octanol–water partition coefficient (Wildman–Crippen LogP) is 3.34. The molecule has 1 aromatic heterocycles. The maximum absolute atomic E-state index is 12.9. The van der Waals surface area contributed by atoms with Gasteiger partial charge in [0.1, 0.15) is 5.00 Å². The number of halogens is 3. The van der Waals surface area contributed by atoms with Gasteiger partial charge in [0.2, 0.25) is 5.78 Å². The Kier molecular flexibility index (Phi) is 3.32. The van der Waals surface area contributed by atoms with Gasteiger partial charge in [0.15, 0.2) is 11.4 Å². The number of anilines is 1. The molecule has 9 heteroatoms. The third-order valence-electron chi connectivity index (χ3n) is 4.37. The highest BCUT2D eigenvalue weighted by Crippen LogP contribution is 2.42. The van der Waals surface area contributed by atoms with Crippen molar-refractivity contribution in [3.05, 3.63) is 40.5 Å². The molecule has 1 aromatic carbocycles. The first kappa shape index (κ1) is 16.2. The number of carbonyl (C=O) groups is 1. The van der Waals surface area contributed by atoms with Gasteiger partial charge in [-0.15, -0.1) is 11.3 Å². The van der Waals surface area contributed by atoms with Crippen LogP contribution in [0.15, 0.2) is 29.4 Å². The number of nitrogens with zero attached hydrogens (tertiary/aromatic N) is 3. The van der Waals surface area contributed by atoms with Crippen molar-refractivity contribution in [3.8, 4) is 0 Å². The molecule has 0 saturated carbocycles. The van der Waals surface area contributed by atoms with Crippen LogP contribution in [0.1, 0.15) is 27.3 Å². The fourth-order valence-electron chi connectivity index (χ4n) is 3.10. The topological polar surface area (TPSA) is 65.8 Å². The number of rotatable bonds is 1. The largest absolute Gasteiger partial charge is 0.416 e. The molecule has 2 aliphatic rings. The number of thiazole rings is 1. The van der Waals surface area contributed by atoms with E-state index >= 15 is 0 Å². The number of aliphatic hydroxyl groups is 1. The zero-order valence-corrected chi connectivity index (χ0v) is 13.8. The lowest BCUT2D eigenvalue weighted by atomic mass is 9.87. The highest BCUT2D eigenvalue weighted by Gasteiger charge is 2.53. The average molecular weight is 367 g/mol. The third kappa shape index (κ3) is 2.37. The standard InChI is InChI=1S/C16H12F3N3O2S/c1-8-20-7-12(25-8)22-5-4-15(24)13(23)10-6-9(16(17,18)19)2-3-11(10)21-14(15)22/h2-3,6-7,24H,4-5H2,1H3. The molecule has 4 rings (SSSR count). The number of hydrogen-bond donors (Lipinski definition) is 1. The van der Waals surface area contributed by atoms with Crippen molar-refractivity contribution in [3.63, 3.8) is 0 Å². The summed E-state index contributed by atoms with van der Waals surface area (Å²) in [4.78, 5) is 22.9. The van der Waals surface area contributed by atoms with E-state index in [9.17, 15) is 23.1 Å². The first-order valence-corrected chi connectivity index (χ1v) is 8.29. The lowest BCUT2D eigenvalue weighted by Gasteiger charge is -2.29. The molecule has 0 spiro atoms. The molecule has 1 saturated heterocycles. The van der Waals surface area contributed by atoms with E-state index in [4.69, 9.17) is 0 Å². The van der Waals surface area contributed by atoms with Gasteiger partial charge < -0.3 is 10.0 Å². The van der Waals surface area contributed by atoms with E-state index in [1.165, 1.54) is 11.3 Å². The second-order valence-corrected chi connectivity index (χ2v) is 7.19. The number of carbonyl (C=O) groups excluding carboxylic acids is 1. The summed E-state index contributed by atoms with van der Waals surface area (Å²) in [6.07, 6.45) is -2.87. The number of alkyl halides is 3. The number of aromatic nitrogens is 1. The van der Waals surface area contributed by atoms with Crippen molar-refractivity contribution < 1.29 is 23.1 Å². The fourth-order valence-corrected chi connectivity index (χ4v) is 3.90. The molecule has 25 heavy (non-hydrogen) atoms. The molecule has 1 unspecified atom stereocenters. The van der Waals surface area contributed by atoms with Gasteiger partial charge >= 0.3 is 6.18 Å². The van der Waals surface area contributed by atoms with Crippen LogP contribution in [0.4, 0.5) is 23.9 Å². The monoisotopic (exact) mass is 367 g/mol. The number of ketones is 1. The molecule has 0 aliphatic carbocycles. The summed E-state index contributed by atoms with van der Waals surface area (Å²) < 4.78 is 38.7. The number of Topliss-reactive ketones (excluding diaryl/α,β-unsaturated/α-hetero) is 1. The lowest BCUT2D eigenvalue weighted by Crippen LogP contribution is -2.48. The van der Waals surface area contributed by atoms with E-state index in [0.717, 1.165) is 28.2 Å². The van der Waals surface area contributed by atoms with E-state index in [1.54, 1.807) is 11.1 Å². The molecule has 130 valence electrons. The number of aliphatic imine (C=N–C) groups is 1. The Morgan fingerprint density at radius 1 is 1.36 bits per heavy atom. The van der Waals surface area contributed by atoms with Crippen LogP contribution in [0.2, 0.25) is 0 Å². The number of fused-ring (bicyclic) bond motifs is 2. The molecule has 0 bridgehead atoms. The van der Waals surface area contributed by atoms with E-state index in [0.29, 0.717) is 6.54 Å². The highest BCUT2D eigenvalue weighted by atomic mass is 32.1. The van der Waals surface area contributed by atoms with Crippen molar-refractivity contribution in [1.82, 2.24) is 4.98 Å². The summed E-state index contributed by atoms with van der Waals surface area (Å²) in [5.41, 5.74) is -2.92. The Morgan fingerprint density at radius 2 is 2.12 bits per heavy atom. The summed E-state index contributed by atoms with van der Waals surface area (Å²) in [6, 6.07) is 2.81. The Morgan fingerprint density at radius 3 is 2.76 bits per heavy atom. The van der Waals surface area contributed by atoms with Gasteiger partial charge in [0.25, 0.3) is 0 Å². The first-order valence-electron chi connectivity index (χ1n) is 7.48. The van der Waals surface area contributed by atoms with Crippen molar-refractivity contribution >= 4 is 33.6 Å². The van der Waals surface area contributed by atoms with Gasteiger partial charge in [-0.2, -0.15) is 13.2 Å². The molecule has 5 nitrogen and oxygen atoms in total. The van der Waals surface area contributed by atoms with Crippen LogP contribution in [-0.2, 0) is 6.18 Å². The Labute approximate surface area is 144 Å². The predicted molar refractivity (Wildman–Crippen MR) is 86.6 cm³/mol. The minimum atomic E-state index is -4.57. The van der Waals surface area contributed by atoms with E-state index in [-0.39, 0.29) is 23.5 Å². The molecule has 0 radical (unpaired) electrons. The first-order chi connectivity index (χ1) is 11.7. The lowest BCUT2D eigenvalue weighted by molar-refractivity contribution is -0.137. The van der Waals surface area contributed by atoms with Crippen LogP contribution in [0.3, 0.4) is 0 Å². The Hall–Kier alpha value is -2.26. The van der Waals surface area contributed by atoms with Crippen LogP contribution in [0, 0.1) is 6.92 Å². The van der Waals surface area contributed by atoms with Crippen molar-refractivity contribution in [2.75, 3.05) is 11.4 Å². The van der Waals surface area contributed by atoms with Crippen LogP contribution in [0.25, 0.3) is 0 Å². The van der Waals surface area contributed by atoms with Gasteiger partial charge in [0, 0.05) is 18.5 Å². The van der Waals surface area contributed by atoms with Crippen LogP contribution in [0.5, 0.6) is 0 Å². The molecule has 3 heterocycles. The number of amidine groups is 1. The molecule has 1 fully saturated rings. The number of benzene rings is 1. The van der Waals surface area contributed by atoms with Gasteiger partial charge in [-0.1, -0.05) is 0 Å².